The molecule has 5 heteroatoms. The maximum Gasteiger partial charge on any atom is 0.253 e. The molecule has 0 spiro atoms. The van der Waals surface area contributed by atoms with Crippen molar-refractivity contribution in [2.45, 2.75) is 0 Å². The number of amides is 1. The maximum atomic E-state index is 11.9. The van der Waals surface area contributed by atoms with Gasteiger partial charge in [0, 0.05) is 35.7 Å². The Bertz CT molecular complexity index is 362. The molecular formula is C11H14Cl2N2O. The van der Waals surface area contributed by atoms with E-state index in [2.05, 4.69) is 5.32 Å². The normalized spacial score (nSPS) is 10.2. The van der Waals surface area contributed by atoms with Crippen LogP contribution >= 0.6 is 23.2 Å². The van der Waals surface area contributed by atoms with Crippen molar-refractivity contribution < 1.29 is 4.79 Å². The summed E-state index contributed by atoms with van der Waals surface area (Å²) in [7, 11) is 3.59. The van der Waals surface area contributed by atoms with E-state index in [9.17, 15) is 4.79 Å². The number of hydrogen-bond acceptors (Lipinski definition) is 2. The van der Waals surface area contributed by atoms with Crippen LogP contribution in [-0.2, 0) is 0 Å². The number of carbonyl (C=O) groups is 1. The summed E-state index contributed by atoms with van der Waals surface area (Å²) < 4.78 is 0. The predicted molar refractivity (Wildman–Crippen MR) is 67.3 cm³/mol. The highest BCUT2D eigenvalue weighted by atomic mass is 35.5. The summed E-state index contributed by atoms with van der Waals surface area (Å²) in [5.41, 5.74) is 0.510. The molecule has 0 heterocycles. The van der Waals surface area contributed by atoms with Gasteiger partial charge in [0.25, 0.3) is 5.91 Å². The zero-order chi connectivity index (χ0) is 12.1. The SMILES string of the molecule is CNCCN(C)C(=O)c1cc(Cl)cc(Cl)c1. The van der Waals surface area contributed by atoms with Crippen LogP contribution in [0.5, 0.6) is 0 Å². The van der Waals surface area contributed by atoms with Gasteiger partial charge in [-0.2, -0.15) is 0 Å². The number of carbonyl (C=O) groups excluding carboxylic acids is 1. The standard InChI is InChI=1S/C11H14Cl2N2O/c1-14-3-4-15(2)11(16)8-5-9(12)7-10(13)6-8/h5-7,14H,3-4H2,1-2H3. The van der Waals surface area contributed by atoms with E-state index in [0.717, 1.165) is 6.54 Å². The van der Waals surface area contributed by atoms with E-state index in [4.69, 9.17) is 23.2 Å². The van der Waals surface area contributed by atoms with Crippen LogP contribution in [0.2, 0.25) is 10.0 Å². The van der Waals surface area contributed by atoms with Gasteiger partial charge in [0.1, 0.15) is 0 Å². The summed E-state index contributed by atoms with van der Waals surface area (Å²) in [6, 6.07) is 4.84. The molecule has 1 aromatic carbocycles. The smallest absolute Gasteiger partial charge is 0.253 e. The van der Waals surface area contributed by atoms with E-state index in [1.54, 1.807) is 30.1 Å². The zero-order valence-corrected chi connectivity index (χ0v) is 10.8. The van der Waals surface area contributed by atoms with Gasteiger partial charge in [-0.15, -0.1) is 0 Å². The second kappa shape index (κ2) is 6.09. The van der Waals surface area contributed by atoms with Gasteiger partial charge in [0.05, 0.1) is 0 Å². The Morgan fingerprint density at radius 1 is 1.31 bits per heavy atom. The van der Waals surface area contributed by atoms with Crippen LogP contribution in [0.1, 0.15) is 10.4 Å². The highest BCUT2D eigenvalue weighted by molar-refractivity contribution is 6.35. The minimum absolute atomic E-state index is 0.0837. The predicted octanol–water partition coefficient (Wildman–Crippen LogP) is 2.28. The Morgan fingerprint density at radius 2 is 1.88 bits per heavy atom. The van der Waals surface area contributed by atoms with Crippen LogP contribution in [0, 0.1) is 0 Å². The van der Waals surface area contributed by atoms with Crippen molar-refractivity contribution in [2.75, 3.05) is 27.2 Å². The van der Waals surface area contributed by atoms with Gasteiger partial charge in [0.2, 0.25) is 0 Å². The van der Waals surface area contributed by atoms with Crippen molar-refractivity contribution in [3.8, 4) is 0 Å². The lowest BCUT2D eigenvalue weighted by molar-refractivity contribution is 0.0797. The van der Waals surface area contributed by atoms with E-state index in [0.29, 0.717) is 22.2 Å². The van der Waals surface area contributed by atoms with E-state index >= 15 is 0 Å². The molecule has 16 heavy (non-hydrogen) atoms. The Labute approximate surface area is 105 Å². The molecule has 0 unspecified atom stereocenters. The highest BCUT2D eigenvalue weighted by Crippen LogP contribution is 2.19. The van der Waals surface area contributed by atoms with Crippen molar-refractivity contribution in [2.24, 2.45) is 0 Å². The minimum Gasteiger partial charge on any atom is -0.340 e. The third kappa shape index (κ3) is 3.67. The fraction of sp³-hybridized carbons (Fsp3) is 0.364. The highest BCUT2D eigenvalue weighted by Gasteiger charge is 2.12. The molecule has 1 rings (SSSR count). The Morgan fingerprint density at radius 3 is 2.38 bits per heavy atom. The molecule has 1 amide bonds. The Balaban J connectivity index is 2.79. The lowest BCUT2D eigenvalue weighted by atomic mass is 10.2. The third-order valence-corrected chi connectivity index (χ3v) is 2.59. The van der Waals surface area contributed by atoms with Crippen LogP contribution in [0.3, 0.4) is 0 Å². The fourth-order valence-electron chi connectivity index (χ4n) is 1.28. The fourth-order valence-corrected chi connectivity index (χ4v) is 1.80. The minimum atomic E-state index is -0.0837. The van der Waals surface area contributed by atoms with Gasteiger partial charge < -0.3 is 10.2 Å². The molecule has 0 aromatic heterocycles. The van der Waals surface area contributed by atoms with Gasteiger partial charge >= 0.3 is 0 Å². The first-order valence-electron chi connectivity index (χ1n) is 4.90. The average Bonchev–Trinajstić information content (AvgIpc) is 2.23. The van der Waals surface area contributed by atoms with Gasteiger partial charge in [-0.05, 0) is 25.2 Å². The summed E-state index contributed by atoms with van der Waals surface area (Å²) in [6.07, 6.45) is 0. The number of likely N-dealkylation sites (N-methyl/N-ethyl adjacent to an activating group) is 2. The quantitative estimate of drug-likeness (QED) is 0.901. The summed E-state index contributed by atoms with van der Waals surface area (Å²) in [5.74, 6) is -0.0837. The first kappa shape index (κ1) is 13.3. The summed E-state index contributed by atoms with van der Waals surface area (Å²) in [5, 5.41) is 3.92. The van der Waals surface area contributed by atoms with E-state index in [1.165, 1.54) is 0 Å². The molecule has 0 aliphatic heterocycles. The first-order chi connectivity index (χ1) is 7.54. The van der Waals surface area contributed by atoms with Crippen LogP contribution < -0.4 is 5.32 Å². The number of halogens is 2. The van der Waals surface area contributed by atoms with Crippen molar-refractivity contribution in [1.29, 1.82) is 0 Å². The number of nitrogens with one attached hydrogen (secondary N) is 1. The van der Waals surface area contributed by atoms with Gasteiger partial charge in [-0.1, -0.05) is 23.2 Å². The van der Waals surface area contributed by atoms with Crippen molar-refractivity contribution >= 4 is 29.1 Å². The second-order valence-electron chi connectivity index (χ2n) is 3.49. The van der Waals surface area contributed by atoms with Gasteiger partial charge in [-0.25, -0.2) is 0 Å². The number of rotatable bonds is 4. The molecular weight excluding hydrogens is 247 g/mol. The number of benzene rings is 1. The number of hydrogen-bond donors (Lipinski definition) is 1. The Kier molecular flexibility index (Phi) is 5.06. The molecule has 0 atom stereocenters. The topological polar surface area (TPSA) is 32.3 Å². The van der Waals surface area contributed by atoms with Crippen molar-refractivity contribution in [3.05, 3.63) is 33.8 Å². The molecule has 0 aliphatic rings. The number of nitrogens with zero attached hydrogens (tertiary/aromatic N) is 1. The maximum absolute atomic E-state index is 11.9. The molecule has 1 aromatic rings. The van der Waals surface area contributed by atoms with Crippen molar-refractivity contribution in [1.82, 2.24) is 10.2 Å². The van der Waals surface area contributed by atoms with Crippen molar-refractivity contribution in [3.63, 3.8) is 0 Å². The van der Waals surface area contributed by atoms with Gasteiger partial charge in [-0.3, -0.25) is 4.79 Å². The monoisotopic (exact) mass is 260 g/mol. The lowest BCUT2D eigenvalue weighted by Gasteiger charge is -2.17. The molecule has 0 bridgehead atoms. The molecule has 0 radical (unpaired) electrons. The van der Waals surface area contributed by atoms with Crippen LogP contribution in [-0.4, -0.2) is 38.0 Å². The zero-order valence-electron chi connectivity index (χ0n) is 9.26. The second-order valence-corrected chi connectivity index (χ2v) is 4.36. The molecule has 88 valence electrons. The molecule has 0 saturated heterocycles. The molecule has 0 aliphatic carbocycles. The summed E-state index contributed by atoms with van der Waals surface area (Å²) in [4.78, 5) is 13.6. The largest absolute Gasteiger partial charge is 0.340 e. The van der Waals surface area contributed by atoms with Crippen LogP contribution in [0.25, 0.3) is 0 Å². The average molecular weight is 261 g/mol. The lowest BCUT2D eigenvalue weighted by Crippen LogP contribution is -2.32. The van der Waals surface area contributed by atoms with E-state index < -0.39 is 0 Å². The van der Waals surface area contributed by atoms with Gasteiger partial charge in [0.15, 0.2) is 0 Å². The summed E-state index contributed by atoms with van der Waals surface area (Å²) >= 11 is 11.7. The summed E-state index contributed by atoms with van der Waals surface area (Å²) in [6.45, 7) is 1.38. The third-order valence-electron chi connectivity index (χ3n) is 2.15. The van der Waals surface area contributed by atoms with E-state index in [-0.39, 0.29) is 5.91 Å². The van der Waals surface area contributed by atoms with Crippen LogP contribution in [0.15, 0.2) is 18.2 Å². The molecule has 3 nitrogen and oxygen atoms in total. The van der Waals surface area contributed by atoms with E-state index in [1.807, 2.05) is 7.05 Å². The Hall–Kier alpha value is -0.770. The molecule has 0 fully saturated rings. The molecule has 0 saturated carbocycles. The van der Waals surface area contributed by atoms with Crippen LogP contribution in [0.4, 0.5) is 0 Å². The molecule has 1 N–H and O–H groups in total. The first-order valence-corrected chi connectivity index (χ1v) is 5.66.